The second kappa shape index (κ2) is 5.51. The molecule has 0 saturated carbocycles. The third kappa shape index (κ3) is 2.45. The van der Waals surface area contributed by atoms with Crippen molar-refractivity contribution in [1.82, 2.24) is 0 Å². The van der Waals surface area contributed by atoms with Gasteiger partial charge in [-0.2, -0.15) is 0 Å². The Bertz CT molecular complexity index is 721. The number of sulfone groups is 1. The highest BCUT2D eigenvalue weighted by Crippen LogP contribution is 2.50. The molecule has 1 aromatic carbocycles. The fraction of sp³-hybridized carbons (Fsp3) is 0.389. The number of hydrogen-bond donors (Lipinski definition) is 0. The number of hydrogen-bond acceptors (Lipinski definition) is 3. The van der Waals surface area contributed by atoms with Crippen molar-refractivity contribution >= 4 is 15.0 Å². The third-order valence-corrected chi connectivity index (χ3v) is 6.47. The number of rotatable bonds is 2. The molecular formula is C18H22O3S. The predicted molar refractivity (Wildman–Crippen MR) is 88.9 cm³/mol. The normalized spacial score (nSPS) is 25.2. The Kier molecular flexibility index (Phi) is 4.18. The molecule has 2 rings (SSSR count). The molecule has 1 aliphatic carbocycles. The molecule has 1 aromatic rings. The molecule has 118 valence electrons. The fourth-order valence-electron chi connectivity index (χ4n) is 3.18. The summed E-state index contributed by atoms with van der Waals surface area (Å²) in [5.74, 6) is -0.332. The number of carbonyl (C=O) groups is 1. The molecule has 4 heteroatoms. The van der Waals surface area contributed by atoms with Crippen LogP contribution in [0.1, 0.15) is 33.3 Å². The lowest BCUT2D eigenvalue weighted by atomic mass is 9.68. The number of benzene rings is 1. The van der Waals surface area contributed by atoms with Gasteiger partial charge in [0.1, 0.15) is 4.75 Å². The standard InChI is InChI=1S/C18H22O3S/c1-14(19)22(20,21)18(15-10-6-5-7-11-15)13-9-8-12-16(18)17(2,3)4/h5-13,16H,1-4H3. The Morgan fingerprint density at radius 1 is 1.09 bits per heavy atom. The van der Waals surface area contributed by atoms with Crippen LogP contribution < -0.4 is 0 Å². The molecule has 3 nitrogen and oxygen atoms in total. The molecule has 0 bridgehead atoms. The first kappa shape index (κ1) is 16.7. The quantitative estimate of drug-likeness (QED) is 0.836. The lowest BCUT2D eigenvalue weighted by Gasteiger charge is -2.44. The lowest BCUT2D eigenvalue weighted by molar-refractivity contribution is -0.110. The van der Waals surface area contributed by atoms with Gasteiger partial charge < -0.3 is 0 Å². The molecule has 0 saturated heterocycles. The van der Waals surface area contributed by atoms with Gasteiger partial charge in [-0.05, 0) is 11.0 Å². The van der Waals surface area contributed by atoms with Gasteiger partial charge in [0.05, 0.1) is 0 Å². The van der Waals surface area contributed by atoms with Crippen LogP contribution in [0.3, 0.4) is 0 Å². The smallest absolute Gasteiger partial charge is 0.244 e. The topological polar surface area (TPSA) is 51.2 Å². The van der Waals surface area contributed by atoms with Crippen molar-refractivity contribution in [3.05, 3.63) is 60.2 Å². The van der Waals surface area contributed by atoms with E-state index in [9.17, 15) is 13.2 Å². The Balaban J connectivity index is 2.85. The van der Waals surface area contributed by atoms with Crippen molar-refractivity contribution in [2.24, 2.45) is 11.3 Å². The molecule has 0 N–H and O–H groups in total. The molecule has 0 radical (unpaired) electrons. The van der Waals surface area contributed by atoms with Crippen LogP contribution in [0.5, 0.6) is 0 Å². The molecule has 0 aliphatic heterocycles. The van der Waals surface area contributed by atoms with Crippen LogP contribution in [0.15, 0.2) is 54.6 Å². The van der Waals surface area contributed by atoms with Crippen LogP contribution in [0.4, 0.5) is 0 Å². The molecular weight excluding hydrogens is 296 g/mol. The van der Waals surface area contributed by atoms with Gasteiger partial charge in [-0.25, -0.2) is 8.42 Å². The first-order valence-corrected chi connectivity index (χ1v) is 8.79. The second-order valence-corrected chi connectivity index (χ2v) is 9.00. The van der Waals surface area contributed by atoms with Crippen molar-refractivity contribution in [2.75, 3.05) is 0 Å². The van der Waals surface area contributed by atoms with E-state index >= 15 is 0 Å². The summed E-state index contributed by atoms with van der Waals surface area (Å²) < 4.78 is 24.7. The van der Waals surface area contributed by atoms with Crippen LogP contribution in [0, 0.1) is 11.3 Å². The third-order valence-electron chi connectivity index (χ3n) is 4.20. The summed E-state index contributed by atoms with van der Waals surface area (Å²) in [7, 11) is -4.02. The molecule has 2 unspecified atom stereocenters. The first-order valence-electron chi connectivity index (χ1n) is 7.31. The Labute approximate surface area is 132 Å². The van der Waals surface area contributed by atoms with Gasteiger partial charge in [-0.1, -0.05) is 75.4 Å². The summed E-state index contributed by atoms with van der Waals surface area (Å²) in [6.45, 7) is 7.11. The van der Waals surface area contributed by atoms with Gasteiger partial charge in [-0.15, -0.1) is 0 Å². The minimum atomic E-state index is -4.02. The van der Waals surface area contributed by atoms with Gasteiger partial charge in [0.25, 0.3) is 0 Å². The van der Waals surface area contributed by atoms with E-state index in [0.717, 1.165) is 6.92 Å². The van der Waals surface area contributed by atoms with E-state index in [1.165, 1.54) is 0 Å². The SMILES string of the molecule is CC(=O)S(=O)(=O)C1(c2ccccc2)C=CC=CC1C(C)(C)C. The average molecular weight is 318 g/mol. The zero-order valence-electron chi connectivity index (χ0n) is 13.4. The molecule has 0 amide bonds. The minimum Gasteiger partial charge on any atom is -0.282 e. The highest BCUT2D eigenvalue weighted by atomic mass is 32.2. The van der Waals surface area contributed by atoms with Gasteiger partial charge >= 0.3 is 0 Å². The molecule has 22 heavy (non-hydrogen) atoms. The Hall–Kier alpha value is -1.68. The fourth-order valence-corrected chi connectivity index (χ4v) is 5.12. The number of carbonyl (C=O) groups excluding carboxylic acids is 1. The van der Waals surface area contributed by atoms with Gasteiger partial charge in [-0.3, -0.25) is 4.79 Å². The highest BCUT2D eigenvalue weighted by molar-refractivity contribution is 8.07. The summed E-state index contributed by atoms with van der Waals surface area (Å²) in [5, 5.41) is -0.800. The van der Waals surface area contributed by atoms with Crippen molar-refractivity contribution in [1.29, 1.82) is 0 Å². The van der Waals surface area contributed by atoms with Crippen molar-refractivity contribution < 1.29 is 13.2 Å². The molecule has 2 atom stereocenters. The summed E-state index contributed by atoms with van der Waals surface area (Å²) >= 11 is 0. The van der Waals surface area contributed by atoms with Crippen LogP contribution in [0.2, 0.25) is 0 Å². The van der Waals surface area contributed by atoms with E-state index in [0.29, 0.717) is 5.56 Å². The maximum absolute atomic E-state index is 13.0. The van der Waals surface area contributed by atoms with Crippen LogP contribution in [-0.2, 0) is 19.4 Å². The molecule has 0 fully saturated rings. The van der Waals surface area contributed by atoms with E-state index in [2.05, 4.69) is 0 Å². The summed E-state index contributed by atoms with van der Waals surface area (Å²) in [4.78, 5) is 12.0. The van der Waals surface area contributed by atoms with Crippen LogP contribution in [-0.4, -0.2) is 13.5 Å². The molecule has 0 aromatic heterocycles. The second-order valence-electron chi connectivity index (χ2n) is 6.74. The van der Waals surface area contributed by atoms with Crippen LogP contribution >= 0.6 is 0 Å². The zero-order chi connectivity index (χ0) is 16.6. The van der Waals surface area contributed by atoms with Crippen molar-refractivity contribution in [3.8, 4) is 0 Å². The summed E-state index contributed by atoms with van der Waals surface area (Å²) in [6.07, 6.45) is 7.13. The first-order chi connectivity index (χ1) is 10.1. The van der Waals surface area contributed by atoms with Crippen molar-refractivity contribution in [3.63, 3.8) is 0 Å². The highest BCUT2D eigenvalue weighted by Gasteiger charge is 2.54. The predicted octanol–water partition coefficient (Wildman–Crippen LogP) is 3.63. The van der Waals surface area contributed by atoms with Crippen molar-refractivity contribution in [2.45, 2.75) is 32.4 Å². The number of allylic oxidation sites excluding steroid dienone is 3. The minimum absolute atomic E-state index is 0.320. The lowest BCUT2D eigenvalue weighted by Crippen LogP contribution is -2.48. The average Bonchev–Trinajstić information content (AvgIpc) is 2.46. The van der Waals surface area contributed by atoms with Gasteiger partial charge in [0.2, 0.25) is 15.0 Å². The monoisotopic (exact) mass is 318 g/mol. The van der Waals surface area contributed by atoms with Gasteiger partial charge in [0.15, 0.2) is 0 Å². The molecule has 0 heterocycles. The van der Waals surface area contributed by atoms with Gasteiger partial charge in [0, 0.05) is 12.8 Å². The maximum atomic E-state index is 13.0. The maximum Gasteiger partial charge on any atom is 0.244 e. The van der Waals surface area contributed by atoms with E-state index in [1.807, 2.05) is 39.0 Å². The van der Waals surface area contributed by atoms with E-state index in [1.54, 1.807) is 36.4 Å². The Morgan fingerprint density at radius 2 is 1.68 bits per heavy atom. The Morgan fingerprint density at radius 3 is 2.18 bits per heavy atom. The summed E-state index contributed by atoms with van der Waals surface area (Å²) in [5.41, 5.74) is 0.310. The van der Waals surface area contributed by atoms with E-state index in [-0.39, 0.29) is 11.3 Å². The molecule has 1 aliphatic rings. The van der Waals surface area contributed by atoms with Crippen LogP contribution in [0.25, 0.3) is 0 Å². The zero-order valence-corrected chi connectivity index (χ0v) is 14.2. The summed E-state index contributed by atoms with van der Waals surface area (Å²) in [6, 6.07) is 9.01. The largest absolute Gasteiger partial charge is 0.282 e. The van der Waals surface area contributed by atoms with E-state index < -0.39 is 19.7 Å². The van der Waals surface area contributed by atoms with E-state index in [4.69, 9.17) is 0 Å². The molecule has 0 spiro atoms.